The van der Waals surface area contributed by atoms with E-state index in [9.17, 15) is 14.0 Å². The number of amides is 2. The van der Waals surface area contributed by atoms with Gasteiger partial charge in [0.25, 0.3) is 0 Å². The number of piperazine rings is 1. The molecule has 2 aliphatic heterocycles. The van der Waals surface area contributed by atoms with Crippen LogP contribution in [-0.4, -0.2) is 51.1 Å². The number of nitrogens with zero attached hydrogens (tertiary/aromatic N) is 1. The van der Waals surface area contributed by atoms with Gasteiger partial charge >= 0.3 is 0 Å². The Bertz CT molecular complexity index is 646. The number of halogens is 1. The van der Waals surface area contributed by atoms with Crippen LogP contribution in [0.25, 0.3) is 0 Å². The maximum atomic E-state index is 14.8. The molecule has 1 atom stereocenters. The molecule has 0 saturated carbocycles. The van der Waals surface area contributed by atoms with Gasteiger partial charge in [-0.2, -0.15) is 0 Å². The maximum Gasteiger partial charge on any atom is 0.249 e. The molecule has 2 amide bonds. The molecule has 1 unspecified atom stereocenters. The molecule has 3 rings (SSSR count). The highest BCUT2D eigenvalue weighted by atomic mass is 19.1. The fraction of sp³-hybridized carbons (Fsp3) is 0.500. The van der Waals surface area contributed by atoms with E-state index >= 15 is 0 Å². The van der Waals surface area contributed by atoms with Crippen molar-refractivity contribution in [3.05, 3.63) is 17.9 Å². The minimum atomic E-state index is -0.582. The van der Waals surface area contributed by atoms with Gasteiger partial charge in [0.2, 0.25) is 11.8 Å². The molecule has 0 spiro atoms. The second-order valence-corrected chi connectivity index (χ2v) is 5.86. The molecular formula is C16H21FN4O3. The van der Waals surface area contributed by atoms with Crippen LogP contribution in [0.15, 0.2) is 12.1 Å². The molecular weight excluding hydrogens is 315 g/mol. The Kier molecular flexibility index (Phi) is 4.84. The summed E-state index contributed by atoms with van der Waals surface area (Å²) in [5.74, 6) is -1.06. The number of carbonyl (C=O) groups is 2. The van der Waals surface area contributed by atoms with Crippen molar-refractivity contribution in [2.24, 2.45) is 0 Å². The van der Waals surface area contributed by atoms with Crippen molar-refractivity contribution < 1.29 is 18.7 Å². The highest BCUT2D eigenvalue weighted by molar-refractivity contribution is 6.01. The Balaban J connectivity index is 1.82. The summed E-state index contributed by atoms with van der Waals surface area (Å²) in [5, 5.41) is 8.48. The van der Waals surface area contributed by atoms with Gasteiger partial charge in [0.15, 0.2) is 11.6 Å². The van der Waals surface area contributed by atoms with Crippen LogP contribution < -0.4 is 25.6 Å². The fourth-order valence-electron chi connectivity index (χ4n) is 3.03. The molecule has 3 N–H and O–H groups in total. The van der Waals surface area contributed by atoms with Gasteiger partial charge in [-0.15, -0.1) is 0 Å². The molecule has 8 heteroatoms. The lowest BCUT2D eigenvalue weighted by Crippen LogP contribution is -2.47. The zero-order valence-electron chi connectivity index (χ0n) is 13.5. The Morgan fingerprint density at radius 2 is 2.04 bits per heavy atom. The van der Waals surface area contributed by atoms with E-state index in [0.29, 0.717) is 17.8 Å². The first-order valence-corrected chi connectivity index (χ1v) is 8.02. The predicted octanol–water partition coefficient (Wildman–Crippen LogP) is 0.461. The minimum Gasteiger partial charge on any atom is -0.492 e. The van der Waals surface area contributed by atoms with Crippen molar-refractivity contribution in [3.8, 4) is 5.75 Å². The van der Waals surface area contributed by atoms with Crippen molar-refractivity contribution in [1.29, 1.82) is 0 Å². The summed E-state index contributed by atoms with van der Waals surface area (Å²) in [5.41, 5.74) is 0.894. The van der Waals surface area contributed by atoms with Crippen LogP contribution in [0.1, 0.15) is 12.8 Å². The van der Waals surface area contributed by atoms with E-state index in [2.05, 4.69) is 16.0 Å². The quantitative estimate of drug-likeness (QED) is 0.693. The first-order valence-electron chi connectivity index (χ1n) is 8.02. The molecule has 0 bridgehead atoms. The van der Waals surface area contributed by atoms with Crippen LogP contribution >= 0.6 is 0 Å². The second kappa shape index (κ2) is 7.04. The number of imide groups is 1. The third-order valence-corrected chi connectivity index (χ3v) is 4.31. The number of hydrogen-bond acceptors (Lipinski definition) is 6. The standard InChI is InChI=1S/C16H21FN4O3/c1-24-15-10(19-11-3-5-13(22)20-16(11)23)2-4-12(14(15)17)21-8-6-18-7-9-21/h2,4,11,18-19H,3,5-9H2,1H3,(H,20,22,23). The minimum absolute atomic E-state index is 0.0794. The largest absolute Gasteiger partial charge is 0.492 e. The number of nitrogens with one attached hydrogen (secondary N) is 3. The second-order valence-electron chi connectivity index (χ2n) is 5.86. The Morgan fingerprint density at radius 1 is 1.29 bits per heavy atom. The molecule has 0 aliphatic carbocycles. The fourth-order valence-corrected chi connectivity index (χ4v) is 3.03. The van der Waals surface area contributed by atoms with Crippen LogP contribution in [-0.2, 0) is 9.59 Å². The number of rotatable bonds is 4. The molecule has 24 heavy (non-hydrogen) atoms. The number of piperidine rings is 1. The van der Waals surface area contributed by atoms with Gasteiger partial charge in [-0.05, 0) is 18.6 Å². The van der Waals surface area contributed by atoms with Gasteiger partial charge in [0.05, 0.1) is 18.5 Å². The van der Waals surface area contributed by atoms with Crippen LogP contribution in [0.5, 0.6) is 5.75 Å². The lowest BCUT2D eigenvalue weighted by atomic mass is 10.1. The summed E-state index contributed by atoms with van der Waals surface area (Å²) in [6.45, 7) is 3.05. The van der Waals surface area contributed by atoms with E-state index in [0.717, 1.165) is 26.2 Å². The van der Waals surface area contributed by atoms with Crippen molar-refractivity contribution in [2.75, 3.05) is 43.5 Å². The van der Waals surface area contributed by atoms with E-state index < -0.39 is 17.8 Å². The highest BCUT2D eigenvalue weighted by Gasteiger charge is 2.28. The van der Waals surface area contributed by atoms with E-state index in [1.165, 1.54) is 7.11 Å². The number of ether oxygens (including phenoxy) is 1. The number of anilines is 2. The highest BCUT2D eigenvalue weighted by Crippen LogP contribution is 2.35. The Labute approximate surface area is 139 Å². The van der Waals surface area contributed by atoms with E-state index in [1.54, 1.807) is 12.1 Å². The number of hydrogen-bond donors (Lipinski definition) is 3. The SMILES string of the molecule is COc1c(NC2CCC(=O)NC2=O)ccc(N2CCNCC2)c1F. The summed E-state index contributed by atoms with van der Waals surface area (Å²) >= 11 is 0. The van der Waals surface area contributed by atoms with Gasteiger partial charge in [-0.1, -0.05) is 0 Å². The first-order chi connectivity index (χ1) is 11.6. The molecule has 2 aliphatic rings. The smallest absolute Gasteiger partial charge is 0.249 e. The summed E-state index contributed by atoms with van der Waals surface area (Å²) in [7, 11) is 1.40. The molecule has 2 heterocycles. The number of methoxy groups -OCH3 is 1. The average molecular weight is 336 g/mol. The normalized spacial score (nSPS) is 21.4. The van der Waals surface area contributed by atoms with Crippen molar-refractivity contribution >= 4 is 23.2 Å². The van der Waals surface area contributed by atoms with Gasteiger partial charge in [0.1, 0.15) is 6.04 Å². The third-order valence-electron chi connectivity index (χ3n) is 4.31. The van der Waals surface area contributed by atoms with Gasteiger partial charge in [-0.3, -0.25) is 14.9 Å². The zero-order chi connectivity index (χ0) is 17.1. The van der Waals surface area contributed by atoms with Gasteiger partial charge in [0, 0.05) is 32.6 Å². The zero-order valence-corrected chi connectivity index (χ0v) is 13.5. The van der Waals surface area contributed by atoms with Crippen LogP contribution in [0.4, 0.5) is 15.8 Å². The lowest BCUT2D eigenvalue weighted by Gasteiger charge is -2.31. The van der Waals surface area contributed by atoms with Crippen molar-refractivity contribution in [3.63, 3.8) is 0 Å². The summed E-state index contributed by atoms with van der Waals surface area (Å²) < 4.78 is 20.1. The number of carbonyl (C=O) groups excluding carboxylic acids is 2. The first kappa shape index (κ1) is 16.5. The maximum absolute atomic E-state index is 14.8. The van der Waals surface area contributed by atoms with Crippen molar-refractivity contribution in [2.45, 2.75) is 18.9 Å². The molecule has 1 aromatic rings. The van der Waals surface area contributed by atoms with Crippen LogP contribution in [0.3, 0.4) is 0 Å². The van der Waals surface area contributed by atoms with Gasteiger partial charge < -0.3 is 20.3 Å². The lowest BCUT2D eigenvalue weighted by molar-refractivity contribution is -0.133. The molecule has 7 nitrogen and oxygen atoms in total. The summed E-state index contributed by atoms with van der Waals surface area (Å²) in [4.78, 5) is 25.0. The monoisotopic (exact) mass is 336 g/mol. The summed E-state index contributed by atoms with van der Waals surface area (Å²) in [6, 6.07) is 2.82. The number of benzene rings is 1. The van der Waals surface area contributed by atoms with Crippen LogP contribution in [0.2, 0.25) is 0 Å². The van der Waals surface area contributed by atoms with E-state index in [4.69, 9.17) is 4.74 Å². The molecule has 0 aromatic heterocycles. The molecule has 0 radical (unpaired) electrons. The van der Waals surface area contributed by atoms with Crippen molar-refractivity contribution in [1.82, 2.24) is 10.6 Å². The molecule has 130 valence electrons. The molecule has 2 saturated heterocycles. The molecule has 2 fully saturated rings. The predicted molar refractivity (Wildman–Crippen MR) is 87.8 cm³/mol. The Morgan fingerprint density at radius 3 is 2.71 bits per heavy atom. The van der Waals surface area contributed by atoms with E-state index in [1.807, 2.05) is 4.90 Å². The third kappa shape index (κ3) is 3.28. The molecule has 1 aromatic carbocycles. The average Bonchev–Trinajstić information content (AvgIpc) is 2.58. The van der Waals surface area contributed by atoms with Crippen LogP contribution in [0, 0.1) is 5.82 Å². The Hall–Kier alpha value is -2.35. The van der Waals surface area contributed by atoms with Gasteiger partial charge in [-0.25, -0.2) is 4.39 Å². The summed E-state index contributed by atoms with van der Waals surface area (Å²) in [6.07, 6.45) is 0.627. The van der Waals surface area contributed by atoms with E-state index in [-0.39, 0.29) is 18.1 Å². The topological polar surface area (TPSA) is 82.7 Å².